The molecule has 3 nitrogen and oxygen atoms in total. The van der Waals surface area contributed by atoms with Crippen LogP contribution in [0.5, 0.6) is 0 Å². The molecule has 3 N–H and O–H groups in total. The number of para-hydroxylation sites is 1. The Hall–Kier alpha value is -1.26. The SMILES string of the molecule is C=CCSc1ccccc1NC(=O)C1CCCC1CN. The van der Waals surface area contributed by atoms with Gasteiger partial charge in [0.15, 0.2) is 0 Å². The van der Waals surface area contributed by atoms with Crippen LogP contribution in [0.2, 0.25) is 0 Å². The van der Waals surface area contributed by atoms with Gasteiger partial charge in [0, 0.05) is 16.6 Å². The predicted molar refractivity (Wildman–Crippen MR) is 85.9 cm³/mol. The van der Waals surface area contributed by atoms with Gasteiger partial charge in [-0.2, -0.15) is 0 Å². The van der Waals surface area contributed by atoms with E-state index in [1.54, 1.807) is 11.8 Å². The molecule has 1 aromatic carbocycles. The van der Waals surface area contributed by atoms with Crippen LogP contribution in [0, 0.1) is 11.8 Å². The highest BCUT2D eigenvalue weighted by Crippen LogP contribution is 2.33. The summed E-state index contributed by atoms with van der Waals surface area (Å²) in [7, 11) is 0. The highest BCUT2D eigenvalue weighted by atomic mass is 32.2. The number of hydrogen-bond acceptors (Lipinski definition) is 3. The number of hydrogen-bond donors (Lipinski definition) is 2. The molecule has 2 unspecified atom stereocenters. The summed E-state index contributed by atoms with van der Waals surface area (Å²) in [5, 5.41) is 3.08. The van der Waals surface area contributed by atoms with Gasteiger partial charge in [0.25, 0.3) is 0 Å². The van der Waals surface area contributed by atoms with E-state index in [1.807, 2.05) is 30.3 Å². The molecule has 1 aliphatic rings. The minimum Gasteiger partial charge on any atom is -0.330 e. The summed E-state index contributed by atoms with van der Waals surface area (Å²) >= 11 is 1.68. The van der Waals surface area contributed by atoms with Crippen LogP contribution in [0.1, 0.15) is 19.3 Å². The van der Waals surface area contributed by atoms with Crippen LogP contribution in [-0.4, -0.2) is 18.2 Å². The largest absolute Gasteiger partial charge is 0.330 e. The molecule has 0 radical (unpaired) electrons. The zero-order valence-electron chi connectivity index (χ0n) is 11.7. The number of nitrogens with one attached hydrogen (secondary N) is 1. The second-order valence-electron chi connectivity index (χ2n) is 5.12. The lowest BCUT2D eigenvalue weighted by Gasteiger charge is -2.18. The minimum absolute atomic E-state index is 0.0671. The van der Waals surface area contributed by atoms with E-state index in [9.17, 15) is 4.79 Å². The molecule has 0 aliphatic heterocycles. The molecule has 1 fully saturated rings. The topological polar surface area (TPSA) is 55.1 Å². The Balaban J connectivity index is 2.05. The zero-order chi connectivity index (χ0) is 14.4. The molecular formula is C16H22N2OS. The lowest BCUT2D eigenvalue weighted by Crippen LogP contribution is -2.29. The normalized spacial score (nSPS) is 21.6. The monoisotopic (exact) mass is 290 g/mol. The fourth-order valence-electron chi connectivity index (χ4n) is 2.73. The Morgan fingerprint density at radius 3 is 3.00 bits per heavy atom. The van der Waals surface area contributed by atoms with E-state index >= 15 is 0 Å². The summed E-state index contributed by atoms with van der Waals surface area (Å²) in [4.78, 5) is 13.5. The Kier molecular flexibility index (Phi) is 5.68. The first-order valence-corrected chi connectivity index (χ1v) is 8.08. The molecule has 1 aliphatic carbocycles. The van der Waals surface area contributed by atoms with Crippen LogP contribution < -0.4 is 11.1 Å². The molecule has 1 aromatic rings. The summed E-state index contributed by atoms with van der Waals surface area (Å²) in [6.45, 7) is 4.33. The standard InChI is InChI=1S/C16H22N2OS/c1-2-10-20-15-9-4-3-8-14(15)18-16(19)13-7-5-6-12(13)11-17/h2-4,8-9,12-13H,1,5-7,10-11,17H2,(H,18,19). The maximum Gasteiger partial charge on any atom is 0.227 e. The van der Waals surface area contributed by atoms with Crippen molar-refractivity contribution in [3.05, 3.63) is 36.9 Å². The second kappa shape index (κ2) is 7.50. The van der Waals surface area contributed by atoms with Crippen LogP contribution in [0.3, 0.4) is 0 Å². The number of amides is 1. The van der Waals surface area contributed by atoms with E-state index in [2.05, 4.69) is 11.9 Å². The molecule has 0 spiro atoms. The quantitative estimate of drug-likeness (QED) is 0.624. The maximum absolute atomic E-state index is 12.4. The van der Waals surface area contributed by atoms with Crippen molar-refractivity contribution in [1.29, 1.82) is 0 Å². The van der Waals surface area contributed by atoms with Crippen LogP contribution in [0.15, 0.2) is 41.8 Å². The molecule has 0 aromatic heterocycles. The Labute approximate surface area is 125 Å². The van der Waals surface area contributed by atoms with Crippen LogP contribution >= 0.6 is 11.8 Å². The van der Waals surface area contributed by atoms with Gasteiger partial charge in [-0.1, -0.05) is 24.6 Å². The average Bonchev–Trinajstić information content (AvgIpc) is 2.95. The van der Waals surface area contributed by atoms with Crippen molar-refractivity contribution < 1.29 is 4.79 Å². The van der Waals surface area contributed by atoms with Crippen molar-refractivity contribution in [2.45, 2.75) is 24.2 Å². The van der Waals surface area contributed by atoms with Crippen molar-refractivity contribution >= 4 is 23.4 Å². The number of anilines is 1. The first-order valence-electron chi connectivity index (χ1n) is 7.10. The summed E-state index contributed by atoms with van der Waals surface area (Å²) < 4.78 is 0. The Bertz CT molecular complexity index is 475. The number of thioether (sulfide) groups is 1. The highest BCUT2D eigenvalue weighted by molar-refractivity contribution is 7.99. The predicted octanol–water partition coefficient (Wildman–Crippen LogP) is 3.28. The fraction of sp³-hybridized carbons (Fsp3) is 0.438. The van der Waals surface area contributed by atoms with E-state index < -0.39 is 0 Å². The second-order valence-corrected chi connectivity index (χ2v) is 6.18. The summed E-state index contributed by atoms with van der Waals surface area (Å²) in [6, 6.07) is 7.91. The number of carbonyl (C=O) groups excluding carboxylic acids is 1. The van der Waals surface area contributed by atoms with Crippen LogP contribution in [0.4, 0.5) is 5.69 Å². The maximum atomic E-state index is 12.4. The lowest BCUT2D eigenvalue weighted by molar-refractivity contribution is -0.120. The van der Waals surface area contributed by atoms with Gasteiger partial charge in [-0.15, -0.1) is 18.3 Å². The van der Waals surface area contributed by atoms with Gasteiger partial charge in [-0.3, -0.25) is 4.79 Å². The number of nitrogens with two attached hydrogens (primary N) is 1. The smallest absolute Gasteiger partial charge is 0.227 e. The molecule has 0 bridgehead atoms. The van der Waals surface area contributed by atoms with Crippen LogP contribution in [-0.2, 0) is 4.79 Å². The van der Waals surface area contributed by atoms with Gasteiger partial charge < -0.3 is 11.1 Å². The van der Waals surface area contributed by atoms with E-state index in [1.165, 1.54) is 0 Å². The fourth-order valence-corrected chi connectivity index (χ4v) is 3.48. The van der Waals surface area contributed by atoms with E-state index in [4.69, 9.17) is 5.73 Å². The molecule has 0 heterocycles. The zero-order valence-corrected chi connectivity index (χ0v) is 12.5. The molecule has 2 atom stereocenters. The van der Waals surface area contributed by atoms with Gasteiger partial charge in [-0.05, 0) is 37.4 Å². The van der Waals surface area contributed by atoms with E-state index in [-0.39, 0.29) is 11.8 Å². The first kappa shape index (κ1) is 15.1. The number of rotatable bonds is 6. The van der Waals surface area contributed by atoms with Crippen molar-refractivity contribution in [2.75, 3.05) is 17.6 Å². The summed E-state index contributed by atoms with van der Waals surface area (Å²) in [5.74, 6) is 1.35. The first-order chi connectivity index (χ1) is 9.76. The summed E-state index contributed by atoms with van der Waals surface area (Å²) in [6.07, 6.45) is 4.99. The average molecular weight is 290 g/mol. The molecule has 4 heteroatoms. The molecular weight excluding hydrogens is 268 g/mol. The third-order valence-electron chi connectivity index (χ3n) is 3.80. The molecule has 2 rings (SSSR count). The third kappa shape index (κ3) is 3.64. The van der Waals surface area contributed by atoms with Gasteiger partial charge in [-0.25, -0.2) is 0 Å². The molecule has 1 amide bonds. The third-order valence-corrected chi connectivity index (χ3v) is 4.87. The number of carbonyl (C=O) groups is 1. The van der Waals surface area contributed by atoms with Gasteiger partial charge >= 0.3 is 0 Å². The van der Waals surface area contributed by atoms with Gasteiger partial charge in [0.05, 0.1) is 5.69 Å². The Morgan fingerprint density at radius 2 is 2.25 bits per heavy atom. The molecule has 20 heavy (non-hydrogen) atoms. The van der Waals surface area contributed by atoms with Crippen molar-refractivity contribution in [3.63, 3.8) is 0 Å². The van der Waals surface area contributed by atoms with Crippen LogP contribution in [0.25, 0.3) is 0 Å². The summed E-state index contributed by atoms with van der Waals surface area (Å²) in [5.41, 5.74) is 6.65. The number of benzene rings is 1. The Morgan fingerprint density at radius 1 is 1.45 bits per heavy atom. The van der Waals surface area contributed by atoms with E-state index in [0.29, 0.717) is 12.5 Å². The highest BCUT2D eigenvalue weighted by Gasteiger charge is 2.32. The van der Waals surface area contributed by atoms with Crippen molar-refractivity contribution in [2.24, 2.45) is 17.6 Å². The molecule has 108 valence electrons. The van der Waals surface area contributed by atoms with Crippen molar-refractivity contribution in [3.8, 4) is 0 Å². The molecule has 0 saturated heterocycles. The lowest BCUT2D eigenvalue weighted by atomic mass is 9.95. The minimum atomic E-state index is 0.0671. The van der Waals surface area contributed by atoms with Gasteiger partial charge in [0.1, 0.15) is 0 Å². The van der Waals surface area contributed by atoms with E-state index in [0.717, 1.165) is 35.6 Å². The molecule has 1 saturated carbocycles. The van der Waals surface area contributed by atoms with Crippen molar-refractivity contribution in [1.82, 2.24) is 0 Å². The van der Waals surface area contributed by atoms with Gasteiger partial charge in [0.2, 0.25) is 5.91 Å².